The molecule has 0 unspecified atom stereocenters. The van der Waals surface area contributed by atoms with E-state index in [0.29, 0.717) is 6.20 Å². The minimum atomic E-state index is -4.62. The molecule has 4 rings (SSSR count). The minimum Gasteiger partial charge on any atom is -0.310 e. The predicted octanol–water partition coefficient (Wildman–Crippen LogP) is 3.72. The maximum atomic E-state index is 12.8. The third-order valence-electron chi connectivity index (χ3n) is 3.90. The highest BCUT2D eigenvalue weighted by Gasteiger charge is 2.33. The van der Waals surface area contributed by atoms with Crippen molar-refractivity contribution in [2.45, 2.75) is 12.4 Å². The van der Waals surface area contributed by atoms with Gasteiger partial charge < -0.3 is 4.57 Å². The standard InChI is InChI=1S/C15H8F6N6/c1-26-12-8(2-7(4-22-12)14(16,17)18)25-13(26)9-5-27-6-23-10(15(19,20)21)3-11(27)24-9/h2-6H,1H3. The Bertz CT molecular complexity index is 1170. The molecule has 0 radical (unpaired) electrons. The Kier molecular flexibility index (Phi) is 3.45. The van der Waals surface area contributed by atoms with E-state index in [2.05, 4.69) is 19.9 Å². The number of nitrogens with zero attached hydrogens (tertiary/aromatic N) is 6. The van der Waals surface area contributed by atoms with Crippen LogP contribution in [0.4, 0.5) is 26.3 Å². The quantitative estimate of drug-likeness (QED) is 0.468. The summed E-state index contributed by atoms with van der Waals surface area (Å²) in [7, 11) is 1.52. The second-order valence-electron chi connectivity index (χ2n) is 5.72. The second kappa shape index (κ2) is 5.41. The number of halogens is 6. The summed E-state index contributed by atoms with van der Waals surface area (Å²) in [6.07, 6.45) is -6.16. The van der Waals surface area contributed by atoms with Gasteiger partial charge in [-0.1, -0.05) is 0 Å². The summed E-state index contributed by atoms with van der Waals surface area (Å²) in [5, 5.41) is 0. The smallest absolute Gasteiger partial charge is 0.310 e. The Morgan fingerprint density at radius 2 is 1.67 bits per heavy atom. The molecule has 0 fully saturated rings. The van der Waals surface area contributed by atoms with E-state index >= 15 is 0 Å². The van der Waals surface area contributed by atoms with E-state index in [4.69, 9.17) is 0 Å². The molecule has 0 aliphatic carbocycles. The van der Waals surface area contributed by atoms with Gasteiger partial charge in [0.05, 0.1) is 5.56 Å². The Hall–Kier alpha value is -3.18. The van der Waals surface area contributed by atoms with E-state index in [1.807, 2.05) is 0 Å². The number of pyridine rings is 1. The van der Waals surface area contributed by atoms with E-state index in [-0.39, 0.29) is 28.3 Å². The number of hydrogen-bond acceptors (Lipinski definition) is 4. The maximum absolute atomic E-state index is 12.8. The Morgan fingerprint density at radius 1 is 0.926 bits per heavy atom. The first kappa shape index (κ1) is 17.2. The highest BCUT2D eigenvalue weighted by atomic mass is 19.4. The summed E-state index contributed by atoms with van der Waals surface area (Å²) >= 11 is 0. The molecule has 0 spiro atoms. The van der Waals surface area contributed by atoms with Gasteiger partial charge >= 0.3 is 12.4 Å². The van der Waals surface area contributed by atoms with Crippen molar-refractivity contribution in [3.05, 3.63) is 42.1 Å². The molecular weight excluding hydrogens is 378 g/mol. The lowest BCUT2D eigenvalue weighted by atomic mass is 10.2. The molecule has 4 heterocycles. The van der Waals surface area contributed by atoms with Gasteiger partial charge in [0.2, 0.25) is 0 Å². The van der Waals surface area contributed by atoms with Crippen molar-refractivity contribution in [2.24, 2.45) is 7.05 Å². The van der Waals surface area contributed by atoms with Crippen molar-refractivity contribution in [1.82, 2.24) is 28.9 Å². The molecule has 4 aromatic rings. The van der Waals surface area contributed by atoms with Crippen LogP contribution in [0, 0.1) is 0 Å². The van der Waals surface area contributed by atoms with E-state index in [1.54, 1.807) is 0 Å². The molecule has 6 nitrogen and oxygen atoms in total. The van der Waals surface area contributed by atoms with Crippen LogP contribution in [0.15, 0.2) is 30.9 Å². The summed E-state index contributed by atoms with van der Waals surface area (Å²) in [4.78, 5) is 15.3. The van der Waals surface area contributed by atoms with Gasteiger partial charge in [-0.3, -0.25) is 4.40 Å². The van der Waals surface area contributed by atoms with Crippen molar-refractivity contribution < 1.29 is 26.3 Å². The number of hydrogen-bond donors (Lipinski definition) is 0. The number of rotatable bonds is 1. The van der Waals surface area contributed by atoms with Crippen LogP contribution >= 0.6 is 0 Å². The maximum Gasteiger partial charge on any atom is 0.433 e. The number of aromatic nitrogens is 6. The second-order valence-corrected chi connectivity index (χ2v) is 5.72. The molecule has 140 valence electrons. The molecule has 0 aliphatic heterocycles. The minimum absolute atomic E-state index is 0.00603. The first-order valence-electron chi connectivity index (χ1n) is 7.36. The number of imidazole rings is 2. The molecule has 0 atom stereocenters. The molecule has 27 heavy (non-hydrogen) atoms. The van der Waals surface area contributed by atoms with Crippen LogP contribution in [-0.2, 0) is 19.4 Å². The number of aryl methyl sites for hydroxylation is 1. The summed E-state index contributed by atoms with van der Waals surface area (Å²) in [5.74, 6) is 0.161. The van der Waals surface area contributed by atoms with Crippen LogP contribution in [0.1, 0.15) is 11.3 Å². The highest BCUT2D eigenvalue weighted by Crippen LogP contribution is 2.32. The van der Waals surface area contributed by atoms with Gasteiger partial charge in [-0.2, -0.15) is 26.3 Å². The molecular formula is C15H8F6N6. The van der Waals surface area contributed by atoms with E-state index in [1.165, 1.54) is 22.2 Å². The average molecular weight is 386 g/mol. The molecule has 4 aromatic heterocycles. The fourth-order valence-corrected chi connectivity index (χ4v) is 2.61. The van der Waals surface area contributed by atoms with Gasteiger partial charge in [0, 0.05) is 25.5 Å². The monoisotopic (exact) mass is 386 g/mol. The SMILES string of the molecule is Cn1c(-c2cn3cnc(C(F)(F)F)cc3n2)nc2cc(C(F)(F)F)cnc21. The lowest BCUT2D eigenvalue weighted by Crippen LogP contribution is -2.08. The first-order chi connectivity index (χ1) is 12.5. The summed E-state index contributed by atoms with van der Waals surface area (Å²) in [6.45, 7) is 0. The largest absolute Gasteiger partial charge is 0.433 e. The zero-order valence-corrected chi connectivity index (χ0v) is 13.3. The lowest BCUT2D eigenvalue weighted by molar-refractivity contribution is -0.141. The Labute approximate surface area is 146 Å². The molecule has 0 amide bonds. The van der Waals surface area contributed by atoms with Gasteiger partial charge in [-0.05, 0) is 6.07 Å². The van der Waals surface area contributed by atoms with E-state index in [0.717, 1.165) is 18.5 Å². The van der Waals surface area contributed by atoms with Gasteiger partial charge in [-0.25, -0.2) is 19.9 Å². The first-order valence-corrected chi connectivity index (χ1v) is 7.36. The van der Waals surface area contributed by atoms with Crippen LogP contribution in [-0.4, -0.2) is 28.9 Å². The third-order valence-corrected chi connectivity index (χ3v) is 3.90. The highest BCUT2D eigenvalue weighted by molar-refractivity contribution is 5.77. The van der Waals surface area contributed by atoms with Gasteiger partial charge in [0.25, 0.3) is 0 Å². The number of fused-ring (bicyclic) bond motifs is 2. The fraction of sp³-hybridized carbons (Fsp3) is 0.200. The van der Waals surface area contributed by atoms with Crippen molar-refractivity contribution in [2.75, 3.05) is 0 Å². The molecule has 0 saturated heterocycles. The molecule has 0 saturated carbocycles. The van der Waals surface area contributed by atoms with Crippen LogP contribution in [0.25, 0.3) is 28.3 Å². The van der Waals surface area contributed by atoms with Crippen LogP contribution < -0.4 is 0 Å². The Morgan fingerprint density at radius 3 is 2.33 bits per heavy atom. The van der Waals surface area contributed by atoms with Gasteiger partial charge in [0.15, 0.2) is 11.5 Å². The van der Waals surface area contributed by atoms with Gasteiger partial charge in [0.1, 0.15) is 28.9 Å². The molecule has 0 aliphatic rings. The van der Waals surface area contributed by atoms with Crippen molar-refractivity contribution in [3.8, 4) is 11.5 Å². The fourth-order valence-electron chi connectivity index (χ4n) is 2.61. The number of alkyl halides is 6. The Balaban J connectivity index is 1.85. The summed E-state index contributed by atoms with van der Waals surface area (Å²) in [6, 6.07) is 1.62. The average Bonchev–Trinajstić information content (AvgIpc) is 3.13. The lowest BCUT2D eigenvalue weighted by Gasteiger charge is -2.05. The predicted molar refractivity (Wildman–Crippen MR) is 80.5 cm³/mol. The molecule has 0 aromatic carbocycles. The molecule has 0 bridgehead atoms. The van der Waals surface area contributed by atoms with E-state index in [9.17, 15) is 26.3 Å². The van der Waals surface area contributed by atoms with Crippen molar-refractivity contribution in [3.63, 3.8) is 0 Å². The van der Waals surface area contributed by atoms with Crippen molar-refractivity contribution in [1.29, 1.82) is 0 Å². The van der Waals surface area contributed by atoms with Crippen molar-refractivity contribution >= 4 is 16.8 Å². The van der Waals surface area contributed by atoms with E-state index < -0.39 is 23.6 Å². The topological polar surface area (TPSA) is 60.9 Å². The van der Waals surface area contributed by atoms with Crippen LogP contribution in [0.2, 0.25) is 0 Å². The van der Waals surface area contributed by atoms with Crippen LogP contribution in [0.3, 0.4) is 0 Å². The zero-order valence-electron chi connectivity index (χ0n) is 13.3. The van der Waals surface area contributed by atoms with Crippen LogP contribution in [0.5, 0.6) is 0 Å². The normalized spacial score (nSPS) is 13.0. The molecule has 12 heteroatoms. The zero-order chi connectivity index (χ0) is 19.6. The third kappa shape index (κ3) is 2.86. The summed E-state index contributed by atoms with van der Waals surface area (Å²) in [5.41, 5.74) is -1.73. The summed E-state index contributed by atoms with van der Waals surface area (Å²) < 4.78 is 79.5. The van der Waals surface area contributed by atoms with Gasteiger partial charge in [-0.15, -0.1) is 0 Å². The molecule has 0 N–H and O–H groups in total.